The van der Waals surface area contributed by atoms with Crippen molar-refractivity contribution in [1.82, 2.24) is 4.90 Å². The lowest BCUT2D eigenvalue weighted by Crippen LogP contribution is -2.31. The van der Waals surface area contributed by atoms with Crippen LogP contribution in [0.5, 0.6) is 5.75 Å². The smallest absolute Gasteiger partial charge is 0.257 e. The molecule has 0 atom stereocenters. The molecule has 4 nitrogen and oxygen atoms in total. The minimum atomic E-state index is -0.232. The maximum Gasteiger partial charge on any atom is 0.257 e. The van der Waals surface area contributed by atoms with Gasteiger partial charge in [0.1, 0.15) is 5.75 Å². The Balaban J connectivity index is 2.94. The maximum atomic E-state index is 12.1. The second-order valence-corrected chi connectivity index (χ2v) is 3.76. The molecule has 0 radical (unpaired) electrons. The topological polar surface area (TPSA) is 64.3 Å². The molecular weight excluding hydrogens is 216 g/mol. The van der Waals surface area contributed by atoms with Gasteiger partial charge in [0.2, 0.25) is 0 Å². The number of aryl methyl sites for hydroxylation is 1. The van der Waals surface area contributed by atoms with Gasteiger partial charge in [-0.25, -0.2) is 0 Å². The molecular formula is C13H16N2O2. The molecule has 1 aromatic carbocycles. The average Bonchev–Trinajstić information content (AvgIpc) is 2.33. The summed E-state index contributed by atoms with van der Waals surface area (Å²) in [5, 5.41) is 18.3. The third-order valence-corrected chi connectivity index (χ3v) is 2.63. The van der Waals surface area contributed by atoms with E-state index in [0.29, 0.717) is 30.6 Å². The molecule has 0 aromatic heterocycles. The Hall–Kier alpha value is -2.02. The highest BCUT2D eigenvalue weighted by molar-refractivity contribution is 5.97. The fourth-order valence-electron chi connectivity index (χ4n) is 1.59. The molecule has 0 aliphatic heterocycles. The first kappa shape index (κ1) is 13.0. The second-order valence-electron chi connectivity index (χ2n) is 3.76. The first-order chi connectivity index (χ1) is 8.11. The number of carbonyl (C=O) groups is 1. The third kappa shape index (κ3) is 2.97. The van der Waals surface area contributed by atoms with E-state index in [1.807, 2.05) is 13.0 Å². The fourth-order valence-corrected chi connectivity index (χ4v) is 1.59. The van der Waals surface area contributed by atoms with Crippen LogP contribution in [0, 0.1) is 18.3 Å². The minimum absolute atomic E-state index is 0.0212. The number of hydrogen-bond acceptors (Lipinski definition) is 3. The van der Waals surface area contributed by atoms with Crippen LogP contribution in [0.2, 0.25) is 0 Å². The Bertz CT molecular complexity index is 449. The summed E-state index contributed by atoms with van der Waals surface area (Å²) >= 11 is 0. The van der Waals surface area contributed by atoms with Gasteiger partial charge in [-0.2, -0.15) is 5.26 Å². The molecule has 0 spiro atoms. The summed E-state index contributed by atoms with van der Waals surface area (Å²) in [7, 11) is 0. The lowest BCUT2D eigenvalue weighted by atomic mass is 10.1. The third-order valence-electron chi connectivity index (χ3n) is 2.63. The van der Waals surface area contributed by atoms with Crippen LogP contribution in [0.4, 0.5) is 0 Å². The normalized spacial score (nSPS) is 9.71. The first-order valence-electron chi connectivity index (χ1n) is 5.56. The van der Waals surface area contributed by atoms with E-state index >= 15 is 0 Å². The van der Waals surface area contributed by atoms with E-state index in [0.717, 1.165) is 0 Å². The average molecular weight is 232 g/mol. The van der Waals surface area contributed by atoms with Gasteiger partial charge in [0.05, 0.1) is 18.1 Å². The van der Waals surface area contributed by atoms with Gasteiger partial charge in [-0.1, -0.05) is 12.1 Å². The monoisotopic (exact) mass is 232 g/mol. The summed E-state index contributed by atoms with van der Waals surface area (Å²) in [6.45, 7) is 4.51. The maximum absolute atomic E-state index is 12.1. The molecule has 0 aliphatic rings. The quantitative estimate of drug-likeness (QED) is 0.864. The van der Waals surface area contributed by atoms with Crippen molar-refractivity contribution in [2.24, 2.45) is 0 Å². The van der Waals surface area contributed by atoms with Gasteiger partial charge < -0.3 is 10.0 Å². The van der Waals surface area contributed by atoms with E-state index in [1.54, 1.807) is 30.0 Å². The number of aromatic hydroxyl groups is 1. The van der Waals surface area contributed by atoms with Crippen molar-refractivity contribution in [3.05, 3.63) is 29.3 Å². The lowest BCUT2D eigenvalue weighted by Gasteiger charge is -2.20. The van der Waals surface area contributed by atoms with Crippen LogP contribution in [-0.4, -0.2) is 29.0 Å². The number of benzene rings is 1. The van der Waals surface area contributed by atoms with Crippen molar-refractivity contribution < 1.29 is 9.90 Å². The molecule has 0 aliphatic carbocycles. The fraction of sp³-hybridized carbons (Fsp3) is 0.385. The highest BCUT2D eigenvalue weighted by atomic mass is 16.3. The van der Waals surface area contributed by atoms with Gasteiger partial charge in [0.25, 0.3) is 5.91 Å². The number of rotatable bonds is 4. The predicted octanol–water partition coefficient (Wildman–Crippen LogP) is 2.08. The molecule has 0 saturated carbocycles. The van der Waals surface area contributed by atoms with Crippen LogP contribution < -0.4 is 0 Å². The number of amides is 1. The zero-order valence-electron chi connectivity index (χ0n) is 10.1. The minimum Gasteiger partial charge on any atom is -0.507 e. The van der Waals surface area contributed by atoms with Gasteiger partial charge in [-0.05, 0) is 25.5 Å². The molecule has 1 rings (SSSR count). The van der Waals surface area contributed by atoms with E-state index in [2.05, 4.69) is 0 Å². The molecule has 0 fully saturated rings. The second kappa shape index (κ2) is 5.90. The van der Waals surface area contributed by atoms with Gasteiger partial charge in [0.15, 0.2) is 0 Å². The summed E-state index contributed by atoms with van der Waals surface area (Å²) in [5.41, 5.74) is 0.969. The molecule has 1 N–H and O–H groups in total. The van der Waals surface area contributed by atoms with Gasteiger partial charge in [0, 0.05) is 13.1 Å². The molecule has 0 saturated heterocycles. The van der Waals surface area contributed by atoms with Crippen molar-refractivity contribution in [3.8, 4) is 11.8 Å². The van der Waals surface area contributed by atoms with Crippen LogP contribution in [-0.2, 0) is 0 Å². The largest absolute Gasteiger partial charge is 0.507 e. The van der Waals surface area contributed by atoms with Gasteiger partial charge in [-0.15, -0.1) is 0 Å². The van der Waals surface area contributed by atoms with Crippen molar-refractivity contribution >= 4 is 5.91 Å². The predicted molar refractivity (Wildman–Crippen MR) is 64.7 cm³/mol. The Kier molecular flexibility index (Phi) is 4.53. The van der Waals surface area contributed by atoms with Crippen molar-refractivity contribution in [2.75, 3.05) is 13.1 Å². The van der Waals surface area contributed by atoms with Crippen molar-refractivity contribution in [1.29, 1.82) is 5.26 Å². The Morgan fingerprint density at radius 1 is 1.53 bits per heavy atom. The number of hydrogen-bond donors (Lipinski definition) is 1. The molecule has 0 unspecified atom stereocenters. The van der Waals surface area contributed by atoms with Gasteiger partial charge in [-0.3, -0.25) is 4.79 Å². The van der Waals surface area contributed by atoms with E-state index in [4.69, 9.17) is 5.26 Å². The van der Waals surface area contributed by atoms with E-state index in [-0.39, 0.29) is 11.7 Å². The highest BCUT2D eigenvalue weighted by Crippen LogP contribution is 2.22. The van der Waals surface area contributed by atoms with Crippen LogP contribution in [0.3, 0.4) is 0 Å². The first-order valence-corrected chi connectivity index (χ1v) is 5.56. The van der Waals surface area contributed by atoms with E-state index in [9.17, 15) is 9.90 Å². The SMILES string of the molecule is CCN(CCC#N)C(=O)c1cccc(C)c1O. The van der Waals surface area contributed by atoms with Crippen molar-refractivity contribution in [2.45, 2.75) is 20.3 Å². The Morgan fingerprint density at radius 3 is 2.82 bits per heavy atom. The van der Waals surface area contributed by atoms with Crippen molar-refractivity contribution in [3.63, 3.8) is 0 Å². The summed E-state index contributed by atoms with van der Waals surface area (Å²) in [6, 6.07) is 7.09. The molecule has 17 heavy (non-hydrogen) atoms. The molecule has 90 valence electrons. The summed E-state index contributed by atoms with van der Waals surface area (Å²) in [5.74, 6) is -0.211. The van der Waals surface area contributed by atoms with Gasteiger partial charge >= 0.3 is 0 Å². The van der Waals surface area contributed by atoms with Crippen LogP contribution in [0.15, 0.2) is 18.2 Å². The number of nitriles is 1. The molecule has 1 aromatic rings. The lowest BCUT2D eigenvalue weighted by molar-refractivity contribution is 0.0764. The number of phenols is 1. The highest BCUT2D eigenvalue weighted by Gasteiger charge is 2.17. The standard InChI is InChI=1S/C13H16N2O2/c1-3-15(9-5-8-14)13(17)11-7-4-6-10(2)12(11)16/h4,6-7,16H,3,5,9H2,1-2H3. The summed E-state index contributed by atoms with van der Waals surface area (Å²) in [4.78, 5) is 13.7. The Labute approximate surface area is 101 Å². The Morgan fingerprint density at radius 2 is 2.24 bits per heavy atom. The number of nitrogens with zero attached hydrogens (tertiary/aromatic N) is 2. The zero-order chi connectivity index (χ0) is 12.8. The summed E-state index contributed by atoms with van der Waals surface area (Å²) in [6.07, 6.45) is 0.298. The van der Waals surface area contributed by atoms with E-state index in [1.165, 1.54) is 0 Å². The number of phenolic OH excluding ortho intramolecular Hbond substituents is 1. The van der Waals surface area contributed by atoms with E-state index < -0.39 is 0 Å². The summed E-state index contributed by atoms with van der Waals surface area (Å²) < 4.78 is 0. The van der Waals surface area contributed by atoms with Crippen LogP contribution in [0.1, 0.15) is 29.3 Å². The molecule has 0 heterocycles. The molecule has 1 amide bonds. The number of para-hydroxylation sites is 1. The molecule has 0 bridgehead atoms. The number of carbonyl (C=O) groups excluding carboxylic acids is 1. The zero-order valence-corrected chi connectivity index (χ0v) is 10.1. The molecule has 4 heteroatoms. The van der Waals surface area contributed by atoms with Crippen LogP contribution >= 0.6 is 0 Å². The van der Waals surface area contributed by atoms with Crippen LogP contribution in [0.25, 0.3) is 0 Å².